The molecule has 126 valence electrons. The Bertz CT molecular complexity index is 768. The van der Waals surface area contributed by atoms with Gasteiger partial charge in [0.2, 0.25) is 0 Å². The number of rotatable bonds is 6. The van der Waals surface area contributed by atoms with E-state index in [4.69, 9.17) is 23.2 Å². The first kappa shape index (κ1) is 18.2. The van der Waals surface area contributed by atoms with Gasteiger partial charge in [0.05, 0.1) is 9.95 Å². The van der Waals surface area contributed by atoms with Gasteiger partial charge in [-0.3, -0.25) is 14.9 Å². The fraction of sp³-hybridized carbons (Fsp3) is 0.188. The number of hydrogen-bond acceptors (Lipinski definition) is 3. The standard InChI is InChI=1S/C16H15Cl2N3O3/c1-10(12-7-6-11(17)8-13(12)18)19-9-16(22)20-14-4-2-3-5-15(14)21(23)24/h2-8,10,19H,9H2,1H3,(H,20,22)/p+1/t10-/m1/s1. The summed E-state index contributed by atoms with van der Waals surface area (Å²) < 4.78 is 0. The number of halogens is 2. The SMILES string of the molecule is C[C@@H]([NH2+]CC(=O)Nc1ccccc1[N+](=O)[O-])c1ccc(Cl)cc1Cl. The van der Waals surface area contributed by atoms with Crippen molar-refractivity contribution < 1.29 is 15.0 Å². The molecule has 0 heterocycles. The van der Waals surface area contributed by atoms with Crippen molar-refractivity contribution in [1.29, 1.82) is 0 Å². The second-order valence-electron chi connectivity index (χ2n) is 5.22. The summed E-state index contributed by atoms with van der Waals surface area (Å²) in [5, 5.41) is 16.4. The summed E-state index contributed by atoms with van der Waals surface area (Å²) in [5.41, 5.74) is 0.900. The van der Waals surface area contributed by atoms with E-state index in [-0.39, 0.29) is 29.9 Å². The van der Waals surface area contributed by atoms with Crippen LogP contribution in [-0.2, 0) is 4.79 Å². The average Bonchev–Trinajstić information content (AvgIpc) is 2.53. The monoisotopic (exact) mass is 368 g/mol. The highest BCUT2D eigenvalue weighted by atomic mass is 35.5. The van der Waals surface area contributed by atoms with Gasteiger partial charge in [0.15, 0.2) is 6.54 Å². The topological polar surface area (TPSA) is 88.8 Å². The second kappa shape index (κ2) is 8.10. The lowest BCUT2D eigenvalue weighted by Crippen LogP contribution is -2.86. The van der Waals surface area contributed by atoms with Crippen LogP contribution in [0.2, 0.25) is 10.0 Å². The Morgan fingerprint density at radius 1 is 1.29 bits per heavy atom. The summed E-state index contributed by atoms with van der Waals surface area (Å²) in [6, 6.07) is 11.1. The smallest absolute Gasteiger partial charge is 0.292 e. The van der Waals surface area contributed by atoms with E-state index in [1.165, 1.54) is 12.1 Å². The van der Waals surface area contributed by atoms with Gasteiger partial charge in [-0.25, -0.2) is 0 Å². The van der Waals surface area contributed by atoms with Crippen molar-refractivity contribution in [3.8, 4) is 0 Å². The van der Waals surface area contributed by atoms with E-state index in [2.05, 4.69) is 5.32 Å². The largest absolute Gasteiger partial charge is 0.332 e. The molecule has 0 fully saturated rings. The molecule has 0 saturated heterocycles. The summed E-state index contributed by atoms with van der Waals surface area (Å²) >= 11 is 12.0. The molecular weight excluding hydrogens is 353 g/mol. The normalized spacial score (nSPS) is 11.8. The maximum absolute atomic E-state index is 12.0. The zero-order valence-electron chi connectivity index (χ0n) is 12.8. The minimum absolute atomic E-state index is 0.0636. The number of amides is 1. The van der Waals surface area contributed by atoms with E-state index in [0.717, 1.165) is 5.56 Å². The number of quaternary nitrogens is 1. The molecule has 8 heteroatoms. The van der Waals surface area contributed by atoms with Crippen molar-refractivity contribution in [2.75, 3.05) is 11.9 Å². The Hall–Kier alpha value is -2.15. The van der Waals surface area contributed by atoms with Crippen molar-refractivity contribution in [1.82, 2.24) is 0 Å². The Morgan fingerprint density at radius 2 is 2.00 bits per heavy atom. The predicted octanol–water partition coefficient (Wildman–Crippen LogP) is 3.16. The first-order valence-electron chi connectivity index (χ1n) is 7.20. The van der Waals surface area contributed by atoms with Crippen molar-refractivity contribution in [3.05, 3.63) is 68.2 Å². The molecule has 0 saturated carbocycles. The lowest BCUT2D eigenvalue weighted by Gasteiger charge is -2.13. The first-order valence-corrected chi connectivity index (χ1v) is 7.95. The predicted molar refractivity (Wildman–Crippen MR) is 93.4 cm³/mol. The third-order valence-electron chi connectivity index (χ3n) is 3.48. The maximum atomic E-state index is 12.0. The maximum Gasteiger partial charge on any atom is 0.292 e. The van der Waals surface area contributed by atoms with E-state index in [1.807, 2.05) is 13.0 Å². The zero-order valence-corrected chi connectivity index (χ0v) is 14.3. The molecular formula is C16H16Cl2N3O3+. The minimum atomic E-state index is -0.532. The van der Waals surface area contributed by atoms with Crippen LogP contribution in [0.4, 0.5) is 11.4 Å². The number of nitrogens with zero attached hydrogens (tertiary/aromatic N) is 1. The number of benzene rings is 2. The van der Waals surface area contributed by atoms with E-state index in [1.54, 1.807) is 29.6 Å². The number of para-hydroxylation sites is 2. The molecule has 2 aromatic carbocycles. The van der Waals surface area contributed by atoms with Crippen molar-refractivity contribution >= 4 is 40.5 Å². The van der Waals surface area contributed by atoms with Crippen molar-refractivity contribution in [2.45, 2.75) is 13.0 Å². The van der Waals surface area contributed by atoms with Crippen LogP contribution in [0.25, 0.3) is 0 Å². The quantitative estimate of drug-likeness (QED) is 0.606. The molecule has 24 heavy (non-hydrogen) atoms. The highest BCUT2D eigenvalue weighted by Gasteiger charge is 2.18. The van der Waals surface area contributed by atoms with Gasteiger partial charge in [-0.05, 0) is 25.1 Å². The van der Waals surface area contributed by atoms with Crippen molar-refractivity contribution in [3.63, 3.8) is 0 Å². The Kier molecular flexibility index (Phi) is 6.14. The lowest BCUT2D eigenvalue weighted by molar-refractivity contribution is -0.682. The minimum Gasteiger partial charge on any atom is -0.332 e. The highest BCUT2D eigenvalue weighted by molar-refractivity contribution is 6.35. The molecule has 0 aliphatic carbocycles. The molecule has 2 rings (SSSR count). The van der Waals surface area contributed by atoms with Gasteiger partial charge in [-0.2, -0.15) is 0 Å². The van der Waals surface area contributed by atoms with E-state index in [0.29, 0.717) is 10.0 Å². The molecule has 6 nitrogen and oxygen atoms in total. The van der Waals surface area contributed by atoms with E-state index < -0.39 is 4.92 Å². The number of carbonyl (C=O) groups excluding carboxylic acids is 1. The zero-order chi connectivity index (χ0) is 17.7. The molecule has 3 N–H and O–H groups in total. The van der Waals surface area contributed by atoms with Crippen LogP contribution in [-0.4, -0.2) is 17.4 Å². The molecule has 0 unspecified atom stereocenters. The van der Waals surface area contributed by atoms with Crippen molar-refractivity contribution in [2.24, 2.45) is 0 Å². The van der Waals surface area contributed by atoms with Gasteiger partial charge in [0, 0.05) is 16.7 Å². The van der Waals surface area contributed by atoms with Gasteiger partial charge < -0.3 is 10.6 Å². The molecule has 0 aromatic heterocycles. The summed E-state index contributed by atoms with van der Waals surface area (Å²) in [6.45, 7) is 2.01. The molecule has 0 bridgehead atoms. The van der Waals surface area contributed by atoms with Crippen LogP contribution in [0.5, 0.6) is 0 Å². The molecule has 0 aliphatic rings. The van der Waals surface area contributed by atoms with Crippen LogP contribution in [0, 0.1) is 10.1 Å². The number of nitro groups is 1. The fourth-order valence-corrected chi connectivity index (χ4v) is 2.80. The van der Waals surface area contributed by atoms with Crippen LogP contribution in [0.3, 0.4) is 0 Å². The van der Waals surface area contributed by atoms with Crippen LogP contribution in [0.1, 0.15) is 18.5 Å². The molecule has 1 amide bonds. The first-order chi connectivity index (χ1) is 11.4. The third kappa shape index (κ3) is 4.67. The number of hydrogen-bond donors (Lipinski definition) is 2. The fourth-order valence-electron chi connectivity index (χ4n) is 2.22. The van der Waals surface area contributed by atoms with Crippen LogP contribution < -0.4 is 10.6 Å². The lowest BCUT2D eigenvalue weighted by atomic mass is 10.1. The Morgan fingerprint density at radius 3 is 2.67 bits per heavy atom. The summed E-state index contributed by atoms with van der Waals surface area (Å²) in [4.78, 5) is 22.5. The van der Waals surface area contributed by atoms with Crippen LogP contribution >= 0.6 is 23.2 Å². The molecule has 1 atom stereocenters. The number of nitrogens with one attached hydrogen (secondary N) is 1. The summed E-state index contributed by atoms with van der Waals surface area (Å²) in [6.07, 6.45) is 0. The number of nitro benzene ring substituents is 1. The summed E-state index contributed by atoms with van der Waals surface area (Å²) in [7, 11) is 0. The number of nitrogens with two attached hydrogens (primary N) is 1. The molecule has 0 spiro atoms. The Labute approximate surface area is 148 Å². The van der Waals surface area contributed by atoms with Gasteiger partial charge >= 0.3 is 0 Å². The molecule has 2 aromatic rings. The van der Waals surface area contributed by atoms with Gasteiger partial charge in [0.1, 0.15) is 11.7 Å². The van der Waals surface area contributed by atoms with Crippen LogP contribution in [0.15, 0.2) is 42.5 Å². The molecule has 0 aliphatic heterocycles. The summed E-state index contributed by atoms with van der Waals surface area (Å²) in [5.74, 6) is -0.332. The second-order valence-corrected chi connectivity index (χ2v) is 6.06. The van der Waals surface area contributed by atoms with E-state index >= 15 is 0 Å². The van der Waals surface area contributed by atoms with E-state index in [9.17, 15) is 14.9 Å². The third-order valence-corrected chi connectivity index (χ3v) is 4.05. The highest BCUT2D eigenvalue weighted by Crippen LogP contribution is 2.24. The number of carbonyl (C=O) groups is 1. The molecule has 0 radical (unpaired) electrons. The number of anilines is 1. The van der Waals surface area contributed by atoms with Gasteiger partial charge in [-0.1, -0.05) is 41.4 Å². The average molecular weight is 369 g/mol. The van der Waals surface area contributed by atoms with Gasteiger partial charge in [0.25, 0.3) is 11.6 Å². The van der Waals surface area contributed by atoms with Gasteiger partial charge in [-0.15, -0.1) is 0 Å². The Balaban J connectivity index is 1.97.